The molecule has 0 spiro atoms. The van der Waals surface area contributed by atoms with Crippen LogP contribution >= 0.6 is 0 Å². The number of amides is 2. The normalized spacial score (nSPS) is 18.4. The molecule has 2 atom stereocenters. The van der Waals surface area contributed by atoms with E-state index in [0.717, 1.165) is 16.9 Å². The van der Waals surface area contributed by atoms with Crippen molar-refractivity contribution in [3.63, 3.8) is 0 Å². The summed E-state index contributed by atoms with van der Waals surface area (Å²) in [4.78, 5) is 25.8. The molecule has 1 heterocycles. The fraction of sp³-hybridized carbons (Fsp3) is 0.192. The fourth-order valence-electron chi connectivity index (χ4n) is 3.78. The Labute approximate surface area is 196 Å². The molecule has 2 N–H and O–H groups in total. The van der Waals surface area contributed by atoms with Crippen LogP contribution in [-0.4, -0.2) is 42.5 Å². The molecule has 3 aromatic rings. The summed E-state index contributed by atoms with van der Waals surface area (Å²) < 4.78 is 25.7. The summed E-state index contributed by atoms with van der Waals surface area (Å²) in [5.41, 5.74) is 4.74. The summed E-state index contributed by atoms with van der Waals surface area (Å²) in [6.07, 6.45) is 1.80. The third kappa shape index (κ3) is 5.06. The molecule has 174 valence electrons. The predicted molar refractivity (Wildman–Crippen MR) is 125 cm³/mol. The zero-order valence-electron chi connectivity index (χ0n) is 18.8. The van der Waals surface area contributed by atoms with Gasteiger partial charge in [-0.1, -0.05) is 0 Å². The van der Waals surface area contributed by atoms with Crippen molar-refractivity contribution in [3.8, 4) is 11.5 Å². The molecule has 0 bridgehead atoms. The topological polar surface area (TPSA) is 79.7 Å². The largest absolute Gasteiger partial charge is 0.497 e. The Kier molecular flexibility index (Phi) is 6.87. The van der Waals surface area contributed by atoms with Crippen LogP contribution in [0.25, 0.3) is 0 Å². The van der Waals surface area contributed by atoms with Gasteiger partial charge in [0.1, 0.15) is 17.3 Å². The van der Waals surface area contributed by atoms with Crippen molar-refractivity contribution < 1.29 is 28.1 Å². The number of hydrogen-bond acceptors (Lipinski definition) is 4. The third-order valence-electron chi connectivity index (χ3n) is 5.47. The van der Waals surface area contributed by atoms with E-state index >= 15 is 0 Å². The number of carbonyl (C=O) groups excluding carboxylic acids is 2. The Morgan fingerprint density at radius 2 is 1.68 bits per heavy atom. The van der Waals surface area contributed by atoms with Crippen LogP contribution in [-0.2, 0) is 4.79 Å². The Balaban J connectivity index is 1.67. The van der Waals surface area contributed by atoms with Crippen LogP contribution in [0.15, 0.2) is 72.8 Å². The lowest BCUT2D eigenvalue weighted by Gasteiger charge is -2.15. The van der Waals surface area contributed by atoms with Crippen LogP contribution in [0.2, 0.25) is 0 Å². The predicted octanol–water partition coefficient (Wildman–Crippen LogP) is 3.25. The van der Waals surface area contributed by atoms with E-state index in [2.05, 4.69) is 10.7 Å². The fourth-order valence-corrected chi connectivity index (χ4v) is 3.78. The molecule has 2 amide bonds. The number of hydrazone groups is 1. The Morgan fingerprint density at radius 1 is 1.03 bits per heavy atom. The highest BCUT2D eigenvalue weighted by atomic mass is 19.1. The zero-order valence-corrected chi connectivity index (χ0v) is 18.8. The lowest BCUT2D eigenvalue weighted by molar-refractivity contribution is -0.596. The first-order valence-electron chi connectivity index (χ1n) is 10.9. The van der Waals surface area contributed by atoms with E-state index in [-0.39, 0.29) is 11.5 Å². The number of rotatable bonds is 7. The van der Waals surface area contributed by atoms with Crippen LogP contribution in [0.3, 0.4) is 0 Å². The second kappa shape index (κ2) is 10.2. The molecule has 8 heteroatoms. The van der Waals surface area contributed by atoms with Gasteiger partial charge in [-0.15, -0.1) is 10.1 Å². The molecule has 1 aliphatic rings. The van der Waals surface area contributed by atoms with Gasteiger partial charge in [-0.3, -0.25) is 9.59 Å². The second-order valence-corrected chi connectivity index (χ2v) is 7.69. The summed E-state index contributed by atoms with van der Waals surface area (Å²) in [5.74, 6) is 0.152. The van der Waals surface area contributed by atoms with Gasteiger partial charge in [-0.2, -0.15) is 0 Å². The summed E-state index contributed by atoms with van der Waals surface area (Å²) in [7, 11) is 1.58. The van der Waals surface area contributed by atoms with Gasteiger partial charge in [0.2, 0.25) is 12.3 Å². The molecule has 0 unspecified atom stereocenters. The van der Waals surface area contributed by atoms with E-state index in [4.69, 9.17) is 9.47 Å². The summed E-state index contributed by atoms with van der Waals surface area (Å²) in [6.45, 7) is 2.49. The number of ether oxygens (including phenoxy) is 2. The maximum Gasteiger partial charge on any atom is 0.304 e. The SMILES string of the molecule is CCOc1ccc(/C=[N+]2\NC(=O)[C@H](NC(=O)c3ccc(F)cc3)[C@H]2c2ccc(OC)cc2)cc1. The highest BCUT2D eigenvalue weighted by molar-refractivity contribution is 5.98. The van der Waals surface area contributed by atoms with Crippen molar-refractivity contribution in [2.45, 2.75) is 19.0 Å². The molecule has 3 aromatic carbocycles. The first kappa shape index (κ1) is 23.0. The molecule has 0 saturated carbocycles. The number of nitrogens with one attached hydrogen (secondary N) is 2. The van der Waals surface area contributed by atoms with Crippen molar-refractivity contribution >= 4 is 18.0 Å². The molecule has 0 radical (unpaired) electrons. The van der Waals surface area contributed by atoms with E-state index < -0.39 is 23.8 Å². The molecule has 1 fully saturated rings. The summed E-state index contributed by atoms with van der Waals surface area (Å²) in [5, 5.41) is 2.80. The van der Waals surface area contributed by atoms with Crippen molar-refractivity contribution in [2.24, 2.45) is 0 Å². The number of methoxy groups -OCH3 is 1. The van der Waals surface area contributed by atoms with Crippen molar-refractivity contribution in [1.82, 2.24) is 10.7 Å². The van der Waals surface area contributed by atoms with Gasteiger partial charge < -0.3 is 14.8 Å². The number of hydrazine groups is 1. The molecule has 34 heavy (non-hydrogen) atoms. The van der Waals surface area contributed by atoms with Crippen LogP contribution in [0.1, 0.15) is 34.5 Å². The zero-order chi connectivity index (χ0) is 24.1. The molecule has 1 saturated heterocycles. The maximum absolute atomic E-state index is 13.3. The molecular weight excluding hydrogens is 437 g/mol. The van der Waals surface area contributed by atoms with E-state index in [0.29, 0.717) is 12.4 Å². The van der Waals surface area contributed by atoms with Gasteiger partial charge in [0.05, 0.1) is 13.7 Å². The third-order valence-corrected chi connectivity index (χ3v) is 5.47. The number of carbonyl (C=O) groups is 2. The standard InChI is InChI=1S/C26H24FN3O4/c1-3-34-22-12-4-17(5-13-22)16-30-24(18-8-14-21(33-2)15-9-18)23(26(32)29-30)28-25(31)19-6-10-20(27)11-7-19/h4-16,23-24H,3H2,1-2H3,(H-,28,29,31,32)/p+1/b30-16-/t23-,24-/m1/s1. The smallest absolute Gasteiger partial charge is 0.304 e. The second-order valence-electron chi connectivity index (χ2n) is 7.69. The van der Waals surface area contributed by atoms with Gasteiger partial charge in [0.25, 0.3) is 5.91 Å². The van der Waals surface area contributed by atoms with Crippen molar-refractivity contribution in [3.05, 3.63) is 95.3 Å². The average molecular weight is 463 g/mol. The molecular formula is C26H25FN3O4+. The average Bonchev–Trinajstić information content (AvgIpc) is 3.15. The van der Waals surface area contributed by atoms with E-state index in [1.54, 1.807) is 30.1 Å². The summed E-state index contributed by atoms with van der Waals surface area (Å²) in [6, 6.07) is 18.5. The van der Waals surface area contributed by atoms with E-state index in [1.165, 1.54) is 24.3 Å². The highest BCUT2D eigenvalue weighted by Crippen LogP contribution is 2.27. The van der Waals surface area contributed by atoms with Gasteiger partial charge in [0, 0.05) is 16.7 Å². The minimum Gasteiger partial charge on any atom is -0.497 e. The molecule has 4 rings (SSSR count). The van der Waals surface area contributed by atoms with E-state index in [9.17, 15) is 14.0 Å². The number of halogens is 1. The lowest BCUT2D eigenvalue weighted by Crippen LogP contribution is -2.42. The highest BCUT2D eigenvalue weighted by Gasteiger charge is 2.47. The minimum atomic E-state index is -0.884. The molecule has 0 aliphatic carbocycles. The van der Waals surface area contributed by atoms with Gasteiger partial charge in [0.15, 0.2) is 6.04 Å². The van der Waals surface area contributed by atoms with Crippen LogP contribution in [0.5, 0.6) is 11.5 Å². The lowest BCUT2D eigenvalue weighted by atomic mass is 9.99. The monoisotopic (exact) mass is 462 g/mol. The quantitative estimate of drug-likeness (QED) is 0.529. The van der Waals surface area contributed by atoms with Gasteiger partial charge in [-0.25, -0.2) is 4.39 Å². The Hall–Kier alpha value is -4.20. The van der Waals surface area contributed by atoms with Crippen LogP contribution < -0.4 is 20.2 Å². The Morgan fingerprint density at radius 3 is 2.29 bits per heavy atom. The van der Waals surface area contributed by atoms with E-state index in [1.807, 2.05) is 43.3 Å². The first-order valence-corrected chi connectivity index (χ1v) is 10.9. The Bertz CT molecular complexity index is 1190. The number of nitrogens with zero attached hydrogens (tertiary/aromatic N) is 1. The first-order chi connectivity index (χ1) is 16.5. The van der Waals surface area contributed by atoms with Crippen LogP contribution in [0, 0.1) is 5.82 Å². The molecule has 7 nitrogen and oxygen atoms in total. The maximum atomic E-state index is 13.3. The van der Waals surface area contributed by atoms with Crippen molar-refractivity contribution in [1.29, 1.82) is 0 Å². The number of hydrogen-bond donors (Lipinski definition) is 2. The molecule has 0 aromatic heterocycles. The van der Waals surface area contributed by atoms with Crippen molar-refractivity contribution in [2.75, 3.05) is 13.7 Å². The molecule has 1 aliphatic heterocycles. The number of benzene rings is 3. The minimum absolute atomic E-state index is 0.261. The van der Waals surface area contributed by atoms with Crippen LogP contribution in [0.4, 0.5) is 4.39 Å². The van der Waals surface area contributed by atoms with Gasteiger partial charge >= 0.3 is 5.91 Å². The van der Waals surface area contributed by atoms with Gasteiger partial charge in [-0.05, 0) is 79.7 Å². The summed E-state index contributed by atoms with van der Waals surface area (Å²) >= 11 is 0.